The van der Waals surface area contributed by atoms with E-state index < -0.39 is 10.0 Å². The van der Waals surface area contributed by atoms with Crippen LogP contribution in [-0.4, -0.2) is 96.4 Å². The molecule has 11 heteroatoms. The highest BCUT2D eigenvalue weighted by Crippen LogP contribution is 2.39. The number of nitrogens with zero attached hydrogens (tertiary/aromatic N) is 3. The molecule has 2 saturated heterocycles. The third kappa shape index (κ3) is 8.08. The van der Waals surface area contributed by atoms with Crippen LogP contribution < -0.4 is 10.0 Å². The van der Waals surface area contributed by atoms with Gasteiger partial charge in [0.1, 0.15) is 6.54 Å². The minimum atomic E-state index is -3.22. The van der Waals surface area contributed by atoms with E-state index in [9.17, 15) is 13.2 Å². The molecule has 0 unspecified atom stereocenters. The second-order valence-electron chi connectivity index (χ2n) is 7.31. The maximum atomic E-state index is 11.9. The van der Waals surface area contributed by atoms with Crippen LogP contribution >= 0.6 is 24.0 Å². The van der Waals surface area contributed by atoms with Crippen LogP contribution in [-0.2, 0) is 19.6 Å². The first kappa shape index (κ1) is 24.4. The standard InChI is InChI=1S/C16H31N5O4S.HI/c1-20(2)14(22)12-18-15(17-7-8-19-26(3,23)24)21-9-4-16(13-21)5-10-25-11-6-16;/h19H,4-13H2,1-3H3,(H,17,18);1H. The second-order valence-corrected chi connectivity index (χ2v) is 9.14. The third-order valence-corrected chi connectivity index (χ3v) is 5.66. The van der Waals surface area contributed by atoms with E-state index in [4.69, 9.17) is 4.74 Å². The molecular weight excluding hydrogens is 485 g/mol. The normalized spacial score (nSPS) is 19.7. The van der Waals surface area contributed by atoms with Crippen molar-refractivity contribution in [2.45, 2.75) is 19.3 Å². The summed E-state index contributed by atoms with van der Waals surface area (Å²) in [5, 5.41) is 3.20. The number of amides is 1. The first-order valence-electron chi connectivity index (χ1n) is 8.97. The van der Waals surface area contributed by atoms with Gasteiger partial charge in [-0.2, -0.15) is 0 Å². The van der Waals surface area contributed by atoms with Crippen LogP contribution in [0.15, 0.2) is 4.99 Å². The predicted octanol–water partition coefficient (Wildman–Crippen LogP) is -0.310. The Hall–Kier alpha value is -0.660. The van der Waals surface area contributed by atoms with Gasteiger partial charge in [0.15, 0.2) is 5.96 Å². The molecule has 0 aromatic rings. The van der Waals surface area contributed by atoms with Crippen molar-refractivity contribution >= 4 is 45.9 Å². The zero-order valence-electron chi connectivity index (χ0n) is 16.4. The SMILES string of the molecule is CN(C)C(=O)CN=C(NCCNS(C)(=O)=O)N1CCC2(CCOCC2)C1.I. The number of likely N-dealkylation sites (tertiary alicyclic amines) is 1. The molecule has 2 heterocycles. The van der Waals surface area contributed by atoms with Gasteiger partial charge >= 0.3 is 0 Å². The fraction of sp³-hybridized carbons (Fsp3) is 0.875. The number of carbonyl (C=O) groups is 1. The van der Waals surface area contributed by atoms with Gasteiger partial charge in [-0.1, -0.05) is 0 Å². The zero-order chi connectivity index (χ0) is 19.2. The Kier molecular flexibility index (Phi) is 9.72. The summed E-state index contributed by atoms with van der Waals surface area (Å²) < 4.78 is 30.3. The van der Waals surface area contributed by atoms with Gasteiger partial charge in [-0.3, -0.25) is 4.79 Å². The number of nitrogens with one attached hydrogen (secondary N) is 2. The summed E-state index contributed by atoms with van der Waals surface area (Å²) in [6, 6.07) is 0. The van der Waals surface area contributed by atoms with Crippen LogP contribution in [0, 0.1) is 5.41 Å². The van der Waals surface area contributed by atoms with Gasteiger partial charge in [0.2, 0.25) is 15.9 Å². The molecular formula is C16H32IN5O4S. The van der Waals surface area contributed by atoms with Crippen LogP contribution in [0.5, 0.6) is 0 Å². The van der Waals surface area contributed by atoms with Crippen LogP contribution in [0.4, 0.5) is 0 Å². The van der Waals surface area contributed by atoms with Crippen molar-refractivity contribution in [2.75, 3.05) is 66.3 Å². The molecule has 9 nitrogen and oxygen atoms in total. The molecule has 1 spiro atoms. The molecule has 0 bridgehead atoms. The van der Waals surface area contributed by atoms with Crippen molar-refractivity contribution in [1.82, 2.24) is 19.8 Å². The number of sulfonamides is 1. The van der Waals surface area contributed by atoms with Crippen molar-refractivity contribution in [3.8, 4) is 0 Å². The molecule has 27 heavy (non-hydrogen) atoms. The molecule has 2 aliphatic heterocycles. The summed E-state index contributed by atoms with van der Waals surface area (Å²) in [4.78, 5) is 20.0. The number of rotatable bonds is 6. The first-order valence-corrected chi connectivity index (χ1v) is 10.9. The molecule has 0 aliphatic carbocycles. The Morgan fingerprint density at radius 2 is 1.89 bits per heavy atom. The molecule has 0 radical (unpaired) electrons. The number of carbonyl (C=O) groups excluding carboxylic acids is 1. The molecule has 0 aromatic heterocycles. The van der Waals surface area contributed by atoms with Crippen LogP contribution in [0.25, 0.3) is 0 Å². The molecule has 1 amide bonds. The van der Waals surface area contributed by atoms with Gasteiger partial charge in [-0.15, -0.1) is 24.0 Å². The average molecular weight is 517 g/mol. The molecule has 2 N–H and O–H groups in total. The lowest BCUT2D eigenvalue weighted by Gasteiger charge is -2.33. The number of guanidine groups is 1. The van der Waals surface area contributed by atoms with E-state index in [1.807, 2.05) is 0 Å². The number of hydrogen-bond acceptors (Lipinski definition) is 5. The topological polar surface area (TPSA) is 103 Å². The summed E-state index contributed by atoms with van der Waals surface area (Å²) >= 11 is 0. The van der Waals surface area contributed by atoms with Crippen molar-refractivity contribution < 1.29 is 17.9 Å². The summed E-state index contributed by atoms with van der Waals surface area (Å²) in [6.07, 6.45) is 4.31. The largest absolute Gasteiger partial charge is 0.381 e. The molecule has 2 fully saturated rings. The number of hydrogen-bond donors (Lipinski definition) is 2. The molecule has 0 atom stereocenters. The fourth-order valence-electron chi connectivity index (χ4n) is 3.29. The Morgan fingerprint density at radius 3 is 2.48 bits per heavy atom. The third-order valence-electron chi connectivity index (χ3n) is 4.93. The first-order chi connectivity index (χ1) is 12.2. The molecule has 0 aromatic carbocycles. The maximum Gasteiger partial charge on any atom is 0.243 e. The zero-order valence-corrected chi connectivity index (χ0v) is 19.5. The Morgan fingerprint density at radius 1 is 1.22 bits per heavy atom. The highest BCUT2D eigenvalue weighted by Gasteiger charge is 2.40. The molecule has 158 valence electrons. The highest BCUT2D eigenvalue weighted by molar-refractivity contribution is 14.0. The monoisotopic (exact) mass is 517 g/mol. The van der Waals surface area contributed by atoms with E-state index >= 15 is 0 Å². The Labute approximate surface area is 179 Å². The maximum absolute atomic E-state index is 11.9. The van der Waals surface area contributed by atoms with E-state index in [1.165, 1.54) is 4.90 Å². The summed E-state index contributed by atoms with van der Waals surface area (Å²) in [5.74, 6) is 0.595. The van der Waals surface area contributed by atoms with E-state index in [1.54, 1.807) is 14.1 Å². The smallest absolute Gasteiger partial charge is 0.243 e. The summed E-state index contributed by atoms with van der Waals surface area (Å²) in [7, 11) is 0.186. The van der Waals surface area contributed by atoms with Crippen molar-refractivity contribution in [3.63, 3.8) is 0 Å². The molecule has 2 aliphatic rings. The Bertz CT molecular complexity index is 620. The molecule has 2 rings (SSSR count). The minimum absolute atomic E-state index is 0. The van der Waals surface area contributed by atoms with Gasteiger partial charge in [0.05, 0.1) is 6.26 Å². The van der Waals surface area contributed by atoms with Crippen LogP contribution in [0.1, 0.15) is 19.3 Å². The fourth-order valence-corrected chi connectivity index (χ4v) is 3.76. The molecule has 0 saturated carbocycles. The lowest BCUT2D eigenvalue weighted by molar-refractivity contribution is -0.127. The predicted molar refractivity (Wildman–Crippen MR) is 116 cm³/mol. The van der Waals surface area contributed by atoms with Crippen molar-refractivity contribution in [3.05, 3.63) is 0 Å². The van der Waals surface area contributed by atoms with Gasteiger partial charge in [0.25, 0.3) is 0 Å². The lowest BCUT2D eigenvalue weighted by Crippen LogP contribution is -2.45. The number of halogens is 1. The average Bonchev–Trinajstić information content (AvgIpc) is 2.96. The quantitative estimate of drug-likeness (QED) is 0.217. The number of likely N-dealkylation sites (N-methyl/N-ethyl adjacent to an activating group) is 1. The highest BCUT2D eigenvalue weighted by atomic mass is 127. The lowest BCUT2D eigenvalue weighted by atomic mass is 9.80. The number of ether oxygens (including phenoxy) is 1. The van der Waals surface area contributed by atoms with Gasteiger partial charge in [-0.05, 0) is 24.7 Å². The van der Waals surface area contributed by atoms with E-state index in [2.05, 4.69) is 19.9 Å². The van der Waals surface area contributed by atoms with Gasteiger partial charge < -0.3 is 19.9 Å². The van der Waals surface area contributed by atoms with Gasteiger partial charge in [0, 0.05) is 53.5 Å². The van der Waals surface area contributed by atoms with Crippen LogP contribution in [0.3, 0.4) is 0 Å². The van der Waals surface area contributed by atoms with Crippen molar-refractivity contribution in [2.24, 2.45) is 10.4 Å². The van der Waals surface area contributed by atoms with E-state index in [0.29, 0.717) is 12.5 Å². The van der Waals surface area contributed by atoms with E-state index in [0.717, 1.165) is 51.8 Å². The minimum Gasteiger partial charge on any atom is -0.381 e. The van der Waals surface area contributed by atoms with Crippen LogP contribution in [0.2, 0.25) is 0 Å². The number of aliphatic imine (C=N–C) groups is 1. The van der Waals surface area contributed by atoms with Crippen molar-refractivity contribution in [1.29, 1.82) is 0 Å². The second kappa shape index (κ2) is 10.8. The Balaban J connectivity index is 0.00000364. The summed E-state index contributed by atoms with van der Waals surface area (Å²) in [5.41, 5.74) is 0.261. The van der Waals surface area contributed by atoms with E-state index in [-0.39, 0.29) is 48.4 Å². The summed E-state index contributed by atoms with van der Waals surface area (Å²) in [6.45, 7) is 4.11. The van der Waals surface area contributed by atoms with Gasteiger partial charge in [-0.25, -0.2) is 18.1 Å².